The first-order valence-corrected chi connectivity index (χ1v) is 7.14. The molecule has 0 spiro atoms. The van der Waals surface area contributed by atoms with Crippen LogP contribution in [-0.4, -0.2) is 12.6 Å². The second-order valence-corrected chi connectivity index (χ2v) is 5.83. The molecule has 17 heavy (non-hydrogen) atoms. The van der Waals surface area contributed by atoms with Gasteiger partial charge in [-0.05, 0) is 43.1 Å². The van der Waals surface area contributed by atoms with Crippen LogP contribution in [0.3, 0.4) is 0 Å². The van der Waals surface area contributed by atoms with Crippen molar-refractivity contribution >= 4 is 0 Å². The fraction of sp³-hybridized carbons (Fsp3) is 0.625. The van der Waals surface area contributed by atoms with Gasteiger partial charge in [-0.15, -0.1) is 0 Å². The molecule has 0 amide bonds. The average Bonchev–Trinajstić information content (AvgIpc) is 2.41. The Morgan fingerprint density at radius 3 is 2.47 bits per heavy atom. The normalized spacial score (nSPS) is 37.5. The van der Waals surface area contributed by atoms with E-state index < -0.39 is 0 Å². The van der Waals surface area contributed by atoms with E-state index in [1.807, 2.05) is 0 Å². The molecule has 3 rings (SSSR count). The predicted octanol–water partition coefficient (Wildman–Crippen LogP) is 3.57. The smallest absolute Gasteiger partial charge is 0.00701 e. The molecule has 1 saturated carbocycles. The van der Waals surface area contributed by atoms with Crippen molar-refractivity contribution in [1.29, 1.82) is 0 Å². The van der Waals surface area contributed by atoms with Crippen molar-refractivity contribution in [2.24, 2.45) is 11.8 Å². The number of rotatable bonds is 1. The summed E-state index contributed by atoms with van der Waals surface area (Å²) in [6.45, 7) is 3.55. The maximum Gasteiger partial charge on any atom is 0.00701 e. The third-order valence-electron chi connectivity index (χ3n) is 4.92. The van der Waals surface area contributed by atoms with E-state index in [-0.39, 0.29) is 0 Å². The van der Waals surface area contributed by atoms with Gasteiger partial charge in [-0.2, -0.15) is 0 Å². The van der Waals surface area contributed by atoms with Crippen molar-refractivity contribution < 1.29 is 0 Å². The van der Waals surface area contributed by atoms with E-state index in [1.165, 1.54) is 32.2 Å². The molecule has 2 aliphatic rings. The summed E-state index contributed by atoms with van der Waals surface area (Å²) < 4.78 is 0. The molecule has 1 saturated heterocycles. The van der Waals surface area contributed by atoms with Crippen LogP contribution in [0.1, 0.15) is 44.1 Å². The fourth-order valence-electron chi connectivity index (χ4n) is 3.99. The summed E-state index contributed by atoms with van der Waals surface area (Å²) >= 11 is 0. The highest BCUT2D eigenvalue weighted by Gasteiger charge is 2.38. The number of hydrogen-bond donors (Lipinski definition) is 1. The van der Waals surface area contributed by atoms with Gasteiger partial charge in [-0.1, -0.05) is 43.2 Å². The Hall–Kier alpha value is -0.820. The van der Waals surface area contributed by atoms with Gasteiger partial charge in [0.15, 0.2) is 0 Å². The Morgan fingerprint density at radius 1 is 1.00 bits per heavy atom. The Bertz CT molecular complexity index is 359. The molecular formula is C16H23N. The third kappa shape index (κ3) is 2.13. The van der Waals surface area contributed by atoms with Crippen LogP contribution in [0.5, 0.6) is 0 Å². The van der Waals surface area contributed by atoms with Crippen molar-refractivity contribution in [2.45, 2.75) is 44.6 Å². The van der Waals surface area contributed by atoms with Crippen LogP contribution in [0.25, 0.3) is 0 Å². The molecule has 1 heteroatoms. The maximum absolute atomic E-state index is 3.73. The van der Waals surface area contributed by atoms with Gasteiger partial charge in [0.2, 0.25) is 0 Å². The Morgan fingerprint density at radius 2 is 1.71 bits per heavy atom. The highest BCUT2D eigenvalue weighted by atomic mass is 14.9. The number of benzene rings is 1. The fourth-order valence-corrected chi connectivity index (χ4v) is 3.99. The molecule has 0 bridgehead atoms. The third-order valence-corrected chi connectivity index (χ3v) is 4.92. The minimum absolute atomic E-state index is 0.722. The van der Waals surface area contributed by atoms with Gasteiger partial charge in [0.05, 0.1) is 0 Å². The van der Waals surface area contributed by atoms with Crippen LogP contribution in [0, 0.1) is 11.8 Å². The molecule has 1 aliphatic heterocycles. The number of nitrogens with one attached hydrogen (secondary N) is 1. The Balaban J connectivity index is 1.85. The molecule has 1 aliphatic carbocycles. The van der Waals surface area contributed by atoms with Crippen LogP contribution < -0.4 is 5.32 Å². The predicted molar refractivity (Wildman–Crippen MR) is 72.1 cm³/mol. The van der Waals surface area contributed by atoms with E-state index in [4.69, 9.17) is 0 Å². The first-order valence-electron chi connectivity index (χ1n) is 7.14. The second-order valence-electron chi connectivity index (χ2n) is 5.83. The zero-order valence-corrected chi connectivity index (χ0v) is 10.7. The molecule has 4 unspecified atom stereocenters. The molecule has 4 atom stereocenters. The summed E-state index contributed by atoms with van der Waals surface area (Å²) in [4.78, 5) is 0. The second kappa shape index (κ2) is 4.81. The number of fused-ring (bicyclic) bond motifs is 1. The highest BCUT2D eigenvalue weighted by Crippen LogP contribution is 2.43. The molecule has 1 aromatic carbocycles. The average molecular weight is 229 g/mol. The van der Waals surface area contributed by atoms with E-state index in [9.17, 15) is 0 Å². The van der Waals surface area contributed by atoms with Crippen LogP contribution >= 0.6 is 0 Å². The highest BCUT2D eigenvalue weighted by molar-refractivity contribution is 5.22. The van der Waals surface area contributed by atoms with E-state index in [1.54, 1.807) is 5.56 Å². The summed E-state index contributed by atoms with van der Waals surface area (Å²) in [7, 11) is 0. The lowest BCUT2D eigenvalue weighted by atomic mass is 9.65. The molecule has 2 fully saturated rings. The summed E-state index contributed by atoms with van der Waals surface area (Å²) in [6, 6.07) is 11.8. The minimum atomic E-state index is 0.722. The Kier molecular flexibility index (Phi) is 3.19. The summed E-state index contributed by atoms with van der Waals surface area (Å²) in [5, 5.41) is 3.73. The van der Waals surface area contributed by atoms with Crippen molar-refractivity contribution in [3.8, 4) is 0 Å². The lowest BCUT2D eigenvalue weighted by Gasteiger charge is -2.45. The van der Waals surface area contributed by atoms with Gasteiger partial charge in [-0.25, -0.2) is 0 Å². The van der Waals surface area contributed by atoms with Gasteiger partial charge in [0, 0.05) is 12.6 Å². The van der Waals surface area contributed by atoms with E-state index in [2.05, 4.69) is 42.6 Å². The largest absolute Gasteiger partial charge is 0.313 e. The monoisotopic (exact) mass is 229 g/mol. The van der Waals surface area contributed by atoms with Gasteiger partial charge in [0.1, 0.15) is 0 Å². The van der Waals surface area contributed by atoms with Crippen LogP contribution in [0.4, 0.5) is 0 Å². The molecule has 1 N–H and O–H groups in total. The quantitative estimate of drug-likeness (QED) is 0.776. The summed E-state index contributed by atoms with van der Waals surface area (Å²) in [6.07, 6.45) is 5.75. The lowest BCUT2D eigenvalue weighted by molar-refractivity contribution is 0.119. The van der Waals surface area contributed by atoms with Crippen molar-refractivity contribution in [2.75, 3.05) is 6.54 Å². The van der Waals surface area contributed by atoms with Crippen LogP contribution in [0.2, 0.25) is 0 Å². The van der Waals surface area contributed by atoms with E-state index in [0.29, 0.717) is 0 Å². The molecule has 1 aromatic rings. The van der Waals surface area contributed by atoms with Crippen LogP contribution in [0.15, 0.2) is 30.3 Å². The van der Waals surface area contributed by atoms with Gasteiger partial charge < -0.3 is 5.32 Å². The van der Waals surface area contributed by atoms with Crippen molar-refractivity contribution in [3.05, 3.63) is 35.9 Å². The maximum atomic E-state index is 3.73. The summed E-state index contributed by atoms with van der Waals surface area (Å²) in [5.41, 5.74) is 1.55. The van der Waals surface area contributed by atoms with Gasteiger partial charge >= 0.3 is 0 Å². The first kappa shape index (κ1) is 11.3. The van der Waals surface area contributed by atoms with Crippen LogP contribution in [-0.2, 0) is 0 Å². The van der Waals surface area contributed by atoms with E-state index in [0.717, 1.165) is 23.8 Å². The summed E-state index contributed by atoms with van der Waals surface area (Å²) in [5.74, 6) is 2.57. The molecule has 1 nitrogen and oxygen atoms in total. The molecule has 1 heterocycles. The van der Waals surface area contributed by atoms with E-state index >= 15 is 0 Å². The SMILES string of the molecule is CC1NCC(c2ccccc2)C2CCCCC12. The van der Waals surface area contributed by atoms with Gasteiger partial charge in [0.25, 0.3) is 0 Å². The first-order chi connectivity index (χ1) is 8.36. The standard InChI is InChI=1S/C16H23N/c1-12-14-9-5-6-10-15(14)16(11-17-12)13-7-3-2-4-8-13/h2-4,7-8,12,14-17H,5-6,9-11H2,1H3. The number of hydrogen-bond acceptors (Lipinski definition) is 1. The number of piperidine rings is 1. The molecule has 0 aromatic heterocycles. The topological polar surface area (TPSA) is 12.0 Å². The zero-order valence-electron chi connectivity index (χ0n) is 10.7. The zero-order chi connectivity index (χ0) is 11.7. The molecule has 92 valence electrons. The van der Waals surface area contributed by atoms with Crippen molar-refractivity contribution in [1.82, 2.24) is 5.32 Å². The molecular weight excluding hydrogens is 206 g/mol. The molecule has 0 radical (unpaired) electrons. The van der Waals surface area contributed by atoms with Crippen molar-refractivity contribution in [3.63, 3.8) is 0 Å². The lowest BCUT2D eigenvalue weighted by Crippen LogP contribution is -2.49. The minimum Gasteiger partial charge on any atom is -0.313 e. The Labute approximate surface area is 105 Å². The van der Waals surface area contributed by atoms with Gasteiger partial charge in [-0.3, -0.25) is 0 Å².